The highest BCUT2D eigenvalue weighted by atomic mass is 79.9. The number of carbonyl (C=O) groups is 1. The fraction of sp³-hybridized carbons (Fsp3) is 0.286. The maximum Gasteiger partial charge on any atom is 0.313 e. The molecule has 0 radical (unpaired) electrons. The molecular weight excluding hydrogens is 340 g/mol. The molecule has 0 aliphatic heterocycles. The third-order valence-corrected chi connectivity index (χ3v) is 4.44. The van der Waals surface area contributed by atoms with E-state index in [1.165, 1.54) is 11.8 Å². The minimum atomic E-state index is -0.836. The molecule has 1 aromatic heterocycles. The number of halogens is 1. The average molecular weight is 355 g/mol. The van der Waals surface area contributed by atoms with Crippen molar-refractivity contribution in [3.05, 3.63) is 46.2 Å². The third-order valence-electron chi connectivity index (χ3n) is 2.99. The van der Waals surface area contributed by atoms with Crippen molar-refractivity contribution in [1.82, 2.24) is 9.55 Å². The predicted molar refractivity (Wildman–Crippen MR) is 83.3 cm³/mol. The molecule has 1 N–H and O–H groups in total. The Bertz CT molecular complexity index is 627. The summed E-state index contributed by atoms with van der Waals surface area (Å²) < 4.78 is 3.09. The van der Waals surface area contributed by atoms with Gasteiger partial charge in [-0.1, -0.05) is 39.8 Å². The molecule has 0 saturated carbocycles. The van der Waals surface area contributed by atoms with Crippen molar-refractivity contribution in [2.24, 2.45) is 0 Å². The summed E-state index contributed by atoms with van der Waals surface area (Å²) in [5.41, 5.74) is 2.17. The number of nitrogens with zero attached hydrogens (tertiary/aromatic N) is 2. The van der Waals surface area contributed by atoms with Crippen LogP contribution in [0.5, 0.6) is 0 Å². The number of thioether (sulfide) groups is 1. The van der Waals surface area contributed by atoms with Crippen LogP contribution >= 0.6 is 27.7 Å². The second-order valence-corrected chi connectivity index (χ2v) is 6.32. The summed E-state index contributed by atoms with van der Waals surface area (Å²) >= 11 is 4.72. The molecule has 1 unspecified atom stereocenters. The summed E-state index contributed by atoms with van der Waals surface area (Å²) in [5.74, 6) is -0.820. The minimum Gasteiger partial charge on any atom is -0.481 e. The van der Waals surface area contributed by atoms with Crippen molar-refractivity contribution in [3.63, 3.8) is 0 Å². The lowest BCUT2D eigenvalue weighted by Crippen LogP contribution is -2.11. The van der Waals surface area contributed by atoms with Crippen LogP contribution in [0.3, 0.4) is 0 Å². The van der Waals surface area contributed by atoms with Gasteiger partial charge in [-0.15, -0.1) is 0 Å². The van der Waals surface area contributed by atoms with E-state index in [-0.39, 0.29) is 11.8 Å². The van der Waals surface area contributed by atoms with Crippen LogP contribution in [-0.4, -0.2) is 26.4 Å². The maximum absolute atomic E-state index is 10.7. The van der Waals surface area contributed by atoms with E-state index in [2.05, 4.69) is 44.5 Å². The van der Waals surface area contributed by atoms with Crippen LogP contribution in [0.25, 0.3) is 0 Å². The van der Waals surface area contributed by atoms with Crippen molar-refractivity contribution in [2.45, 2.75) is 25.0 Å². The van der Waals surface area contributed by atoms with E-state index in [9.17, 15) is 4.79 Å². The molecule has 0 aliphatic rings. The largest absolute Gasteiger partial charge is 0.481 e. The molecule has 2 rings (SSSR count). The van der Waals surface area contributed by atoms with E-state index in [1.807, 2.05) is 19.1 Å². The molecule has 6 heteroatoms. The minimum absolute atomic E-state index is 0.0155. The third kappa shape index (κ3) is 3.43. The number of benzene rings is 1. The van der Waals surface area contributed by atoms with E-state index >= 15 is 0 Å². The maximum atomic E-state index is 10.7. The van der Waals surface area contributed by atoms with Gasteiger partial charge in [-0.3, -0.25) is 4.79 Å². The summed E-state index contributed by atoms with van der Waals surface area (Å²) in [5, 5.41) is 9.53. The highest BCUT2D eigenvalue weighted by Gasteiger charge is 2.16. The lowest BCUT2D eigenvalue weighted by atomic mass is 10.1. The summed E-state index contributed by atoms with van der Waals surface area (Å²) in [6.45, 7) is 4.06. The normalized spacial score (nSPS) is 12.3. The zero-order valence-electron chi connectivity index (χ0n) is 11.2. The fourth-order valence-corrected chi connectivity index (χ4v) is 3.28. The molecule has 0 amide bonds. The summed E-state index contributed by atoms with van der Waals surface area (Å²) in [4.78, 5) is 15.0. The van der Waals surface area contributed by atoms with Crippen LogP contribution in [0.1, 0.15) is 24.2 Å². The Kier molecular flexibility index (Phi) is 4.88. The van der Waals surface area contributed by atoms with Gasteiger partial charge < -0.3 is 9.67 Å². The first kappa shape index (κ1) is 15.1. The van der Waals surface area contributed by atoms with Crippen LogP contribution in [0.4, 0.5) is 0 Å². The van der Waals surface area contributed by atoms with E-state index in [4.69, 9.17) is 5.11 Å². The van der Waals surface area contributed by atoms with Crippen molar-refractivity contribution in [1.29, 1.82) is 0 Å². The van der Waals surface area contributed by atoms with Crippen LogP contribution in [0, 0.1) is 6.92 Å². The van der Waals surface area contributed by atoms with Gasteiger partial charge in [0.1, 0.15) is 0 Å². The van der Waals surface area contributed by atoms with Crippen LogP contribution in [0.2, 0.25) is 0 Å². The zero-order chi connectivity index (χ0) is 14.7. The summed E-state index contributed by atoms with van der Waals surface area (Å²) in [6.07, 6.45) is 1.78. The second-order valence-electron chi connectivity index (χ2n) is 4.47. The Morgan fingerprint density at radius 3 is 2.95 bits per heavy atom. The van der Waals surface area contributed by atoms with Gasteiger partial charge in [0.25, 0.3) is 0 Å². The number of carboxylic acids is 1. The Labute approximate surface area is 130 Å². The monoisotopic (exact) mass is 354 g/mol. The number of rotatable bonds is 5. The van der Waals surface area contributed by atoms with E-state index in [0.29, 0.717) is 0 Å². The van der Waals surface area contributed by atoms with Gasteiger partial charge >= 0.3 is 5.97 Å². The van der Waals surface area contributed by atoms with Crippen LogP contribution < -0.4 is 0 Å². The predicted octanol–water partition coefficient (Wildman–Crippen LogP) is 3.74. The first-order valence-corrected chi connectivity index (χ1v) is 7.90. The van der Waals surface area contributed by atoms with Gasteiger partial charge in [-0.05, 0) is 31.5 Å². The standard InChI is InChI=1S/C14H15BrN2O2S/c1-9-7-16-14(20-8-13(18)19)17(9)10(2)11-4-3-5-12(15)6-11/h3-7,10H,8H2,1-2H3,(H,18,19). The molecule has 0 bridgehead atoms. The average Bonchev–Trinajstić information content (AvgIpc) is 2.76. The zero-order valence-corrected chi connectivity index (χ0v) is 13.6. The SMILES string of the molecule is Cc1cnc(SCC(=O)O)n1C(C)c1cccc(Br)c1. The quantitative estimate of drug-likeness (QED) is 0.831. The number of carboxylic acid groups (broad SMARTS) is 1. The molecule has 0 aliphatic carbocycles. The van der Waals surface area contributed by atoms with Gasteiger partial charge in [0.2, 0.25) is 0 Å². The molecular formula is C14H15BrN2O2S. The number of aromatic nitrogens is 2. The molecule has 20 heavy (non-hydrogen) atoms. The number of aliphatic carboxylic acids is 1. The molecule has 1 aromatic carbocycles. The van der Waals surface area contributed by atoms with E-state index in [1.54, 1.807) is 6.20 Å². The molecule has 106 valence electrons. The van der Waals surface area contributed by atoms with Gasteiger partial charge in [0.05, 0.1) is 11.8 Å². The fourth-order valence-electron chi connectivity index (χ4n) is 2.04. The first-order valence-electron chi connectivity index (χ1n) is 6.13. The van der Waals surface area contributed by atoms with Gasteiger partial charge in [0.15, 0.2) is 5.16 Å². The highest BCUT2D eigenvalue weighted by molar-refractivity contribution is 9.10. The molecule has 1 atom stereocenters. The lowest BCUT2D eigenvalue weighted by molar-refractivity contribution is -0.133. The molecule has 0 spiro atoms. The Balaban J connectivity index is 2.31. The molecule has 0 fully saturated rings. The number of hydrogen-bond donors (Lipinski definition) is 1. The number of hydrogen-bond acceptors (Lipinski definition) is 3. The first-order chi connectivity index (χ1) is 9.49. The Morgan fingerprint density at radius 2 is 2.30 bits per heavy atom. The smallest absolute Gasteiger partial charge is 0.313 e. The van der Waals surface area contributed by atoms with Gasteiger partial charge in [0, 0.05) is 16.4 Å². The van der Waals surface area contributed by atoms with Crippen molar-refractivity contribution in [2.75, 3.05) is 5.75 Å². The van der Waals surface area contributed by atoms with Gasteiger partial charge in [-0.25, -0.2) is 4.98 Å². The van der Waals surface area contributed by atoms with Crippen molar-refractivity contribution < 1.29 is 9.90 Å². The lowest BCUT2D eigenvalue weighted by Gasteiger charge is -2.18. The molecule has 2 aromatic rings. The van der Waals surface area contributed by atoms with E-state index in [0.717, 1.165) is 20.9 Å². The second kappa shape index (κ2) is 6.45. The molecule has 0 saturated heterocycles. The summed E-state index contributed by atoms with van der Waals surface area (Å²) in [7, 11) is 0. The van der Waals surface area contributed by atoms with Crippen LogP contribution in [0.15, 0.2) is 40.1 Å². The van der Waals surface area contributed by atoms with Gasteiger partial charge in [-0.2, -0.15) is 0 Å². The molecule has 1 heterocycles. The van der Waals surface area contributed by atoms with Crippen molar-refractivity contribution >= 4 is 33.7 Å². The van der Waals surface area contributed by atoms with Crippen LogP contribution in [-0.2, 0) is 4.79 Å². The summed E-state index contributed by atoms with van der Waals surface area (Å²) in [6, 6.07) is 8.20. The van der Waals surface area contributed by atoms with E-state index < -0.39 is 5.97 Å². The number of imidazole rings is 1. The Morgan fingerprint density at radius 1 is 1.55 bits per heavy atom. The topological polar surface area (TPSA) is 55.1 Å². The van der Waals surface area contributed by atoms with Crippen molar-refractivity contribution in [3.8, 4) is 0 Å². The Hall–Kier alpha value is -1.27. The molecule has 4 nitrogen and oxygen atoms in total. The number of aryl methyl sites for hydroxylation is 1. The highest BCUT2D eigenvalue weighted by Crippen LogP contribution is 2.28.